The highest BCUT2D eigenvalue weighted by atomic mass is 19.1. The molecule has 0 radical (unpaired) electrons. The van der Waals surface area contributed by atoms with Crippen LogP contribution in [0.25, 0.3) is 0 Å². The number of carbonyl (C=O) groups is 1. The standard InChI is InChI=1S/C14H12F2N2O2/c15-10-3-1-9(11(16)6-10)7-18-13-4-2-8(14(19)20)5-12(13)17/h1-6,18H,7,17H2,(H,19,20). The molecule has 0 aliphatic heterocycles. The molecule has 2 rings (SSSR count). The van der Waals surface area contributed by atoms with Gasteiger partial charge in [0.15, 0.2) is 0 Å². The lowest BCUT2D eigenvalue weighted by molar-refractivity contribution is 0.0697. The second-order valence-electron chi connectivity index (χ2n) is 4.20. The number of nitrogen functional groups attached to an aromatic ring is 1. The quantitative estimate of drug-likeness (QED) is 0.752. The first kappa shape index (κ1) is 13.8. The largest absolute Gasteiger partial charge is 0.478 e. The van der Waals surface area contributed by atoms with E-state index in [2.05, 4.69) is 5.32 Å². The van der Waals surface area contributed by atoms with Crippen molar-refractivity contribution in [3.8, 4) is 0 Å². The molecule has 0 aliphatic rings. The van der Waals surface area contributed by atoms with Gasteiger partial charge in [-0.3, -0.25) is 0 Å². The molecule has 2 aromatic rings. The molecule has 0 heterocycles. The van der Waals surface area contributed by atoms with E-state index < -0.39 is 17.6 Å². The molecule has 0 atom stereocenters. The normalized spacial score (nSPS) is 10.3. The summed E-state index contributed by atoms with van der Waals surface area (Å²) < 4.78 is 26.2. The molecule has 104 valence electrons. The van der Waals surface area contributed by atoms with E-state index in [1.807, 2.05) is 0 Å². The van der Waals surface area contributed by atoms with Crippen LogP contribution >= 0.6 is 0 Å². The summed E-state index contributed by atoms with van der Waals surface area (Å²) in [6.45, 7) is 0.114. The number of halogens is 2. The van der Waals surface area contributed by atoms with Crippen LogP contribution in [0.4, 0.5) is 20.2 Å². The third-order valence-corrected chi connectivity index (χ3v) is 2.78. The van der Waals surface area contributed by atoms with E-state index in [-0.39, 0.29) is 23.4 Å². The van der Waals surface area contributed by atoms with Gasteiger partial charge < -0.3 is 16.2 Å². The smallest absolute Gasteiger partial charge is 0.335 e. The van der Waals surface area contributed by atoms with Gasteiger partial charge in [-0.15, -0.1) is 0 Å². The van der Waals surface area contributed by atoms with Crippen LogP contribution in [-0.2, 0) is 6.54 Å². The number of nitrogens with one attached hydrogen (secondary N) is 1. The fourth-order valence-electron chi connectivity index (χ4n) is 1.71. The maximum Gasteiger partial charge on any atom is 0.335 e. The van der Waals surface area contributed by atoms with E-state index >= 15 is 0 Å². The van der Waals surface area contributed by atoms with E-state index in [4.69, 9.17) is 10.8 Å². The molecule has 2 aromatic carbocycles. The van der Waals surface area contributed by atoms with Gasteiger partial charge in [-0.05, 0) is 24.3 Å². The van der Waals surface area contributed by atoms with Crippen molar-refractivity contribution in [1.82, 2.24) is 0 Å². The molecule has 0 aliphatic carbocycles. The van der Waals surface area contributed by atoms with Gasteiger partial charge in [0.1, 0.15) is 11.6 Å². The molecule has 4 nitrogen and oxygen atoms in total. The Morgan fingerprint density at radius 2 is 1.95 bits per heavy atom. The summed E-state index contributed by atoms with van der Waals surface area (Å²) in [6, 6.07) is 7.50. The number of rotatable bonds is 4. The monoisotopic (exact) mass is 278 g/mol. The third kappa shape index (κ3) is 3.03. The molecule has 4 N–H and O–H groups in total. The fraction of sp³-hybridized carbons (Fsp3) is 0.0714. The Morgan fingerprint density at radius 1 is 1.20 bits per heavy atom. The Hall–Kier alpha value is -2.63. The maximum absolute atomic E-state index is 13.4. The van der Waals surface area contributed by atoms with E-state index in [0.717, 1.165) is 12.1 Å². The molecule has 0 saturated carbocycles. The Bertz CT molecular complexity index is 660. The summed E-state index contributed by atoms with van der Waals surface area (Å²) in [5.41, 5.74) is 6.79. The lowest BCUT2D eigenvalue weighted by Crippen LogP contribution is -2.06. The van der Waals surface area contributed by atoms with Gasteiger partial charge in [-0.1, -0.05) is 6.07 Å². The van der Waals surface area contributed by atoms with Gasteiger partial charge in [-0.2, -0.15) is 0 Å². The Morgan fingerprint density at radius 3 is 2.55 bits per heavy atom. The Labute approximate surface area is 113 Å². The van der Waals surface area contributed by atoms with Crippen LogP contribution in [0, 0.1) is 11.6 Å². The zero-order valence-corrected chi connectivity index (χ0v) is 10.4. The van der Waals surface area contributed by atoms with E-state index in [0.29, 0.717) is 5.69 Å². The average Bonchev–Trinajstić information content (AvgIpc) is 2.38. The molecule has 0 unspecified atom stereocenters. The van der Waals surface area contributed by atoms with Crippen LogP contribution in [0.1, 0.15) is 15.9 Å². The molecule has 0 amide bonds. The zero-order chi connectivity index (χ0) is 14.7. The van der Waals surface area contributed by atoms with Gasteiger partial charge >= 0.3 is 5.97 Å². The van der Waals surface area contributed by atoms with Gasteiger partial charge in [0.05, 0.1) is 16.9 Å². The van der Waals surface area contributed by atoms with E-state index in [1.54, 1.807) is 0 Å². The van der Waals surface area contributed by atoms with Crippen LogP contribution in [0.15, 0.2) is 36.4 Å². The Kier molecular flexibility index (Phi) is 3.84. The second-order valence-corrected chi connectivity index (χ2v) is 4.20. The molecule has 0 spiro atoms. The van der Waals surface area contributed by atoms with E-state index in [9.17, 15) is 13.6 Å². The van der Waals surface area contributed by atoms with Crippen molar-refractivity contribution in [3.63, 3.8) is 0 Å². The van der Waals surface area contributed by atoms with Crippen LogP contribution in [0.2, 0.25) is 0 Å². The van der Waals surface area contributed by atoms with Crippen LogP contribution in [0.5, 0.6) is 0 Å². The summed E-state index contributed by atoms with van der Waals surface area (Å²) in [5, 5.41) is 11.7. The van der Waals surface area contributed by atoms with Gasteiger partial charge in [0.25, 0.3) is 0 Å². The van der Waals surface area contributed by atoms with Crippen molar-refractivity contribution in [2.24, 2.45) is 0 Å². The maximum atomic E-state index is 13.4. The Balaban J connectivity index is 2.13. The topological polar surface area (TPSA) is 75.4 Å². The van der Waals surface area contributed by atoms with E-state index in [1.165, 1.54) is 24.3 Å². The number of hydrogen-bond acceptors (Lipinski definition) is 3. The molecule has 0 fully saturated rings. The van der Waals surface area contributed by atoms with Crippen LogP contribution in [-0.4, -0.2) is 11.1 Å². The second kappa shape index (κ2) is 5.56. The summed E-state index contributed by atoms with van der Waals surface area (Å²) >= 11 is 0. The number of hydrogen-bond donors (Lipinski definition) is 3. The number of aromatic carboxylic acids is 1. The minimum Gasteiger partial charge on any atom is -0.478 e. The average molecular weight is 278 g/mol. The van der Waals surface area contributed by atoms with Crippen LogP contribution in [0.3, 0.4) is 0 Å². The summed E-state index contributed by atoms with van der Waals surface area (Å²) in [7, 11) is 0. The molecular weight excluding hydrogens is 266 g/mol. The third-order valence-electron chi connectivity index (χ3n) is 2.78. The summed E-state index contributed by atoms with van der Waals surface area (Å²) in [5.74, 6) is -2.37. The summed E-state index contributed by atoms with van der Waals surface area (Å²) in [4.78, 5) is 10.8. The molecule has 0 saturated heterocycles. The number of benzene rings is 2. The molecule has 6 heteroatoms. The lowest BCUT2D eigenvalue weighted by Gasteiger charge is -2.10. The number of carboxylic acids is 1. The minimum atomic E-state index is -1.08. The first-order valence-corrected chi connectivity index (χ1v) is 5.78. The summed E-state index contributed by atoms with van der Waals surface area (Å²) in [6.07, 6.45) is 0. The molecule has 0 bridgehead atoms. The number of carboxylic acid groups (broad SMARTS) is 1. The van der Waals surface area contributed by atoms with Crippen LogP contribution < -0.4 is 11.1 Å². The minimum absolute atomic E-state index is 0.0704. The zero-order valence-electron chi connectivity index (χ0n) is 10.4. The highest BCUT2D eigenvalue weighted by molar-refractivity contribution is 5.90. The first-order valence-electron chi connectivity index (χ1n) is 5.78. The van der Waals surface area contributed by atoms with Gasteiger partial charge in [0.2, 0.25) is 0 Å². The van der Waals surface area contributed by atoms with Gasteiger partial charge in [-0.25, -0.2) is 13.6 Å². The highest BCUT2D eigenvalue weighted by Crippen LogP contribution is 2.21. The highest BCUT2D eigenvalue weighted by Gasteiger charge is 2.08. The SMILES string of the molecule is Nc1cc(C(=O)O)ccc1NCc1ccc(F)cc1F. The number of nitrogens with two attached hydrogens (primary N) is 1. The molecule has 20 heavy (non-hydrogen) atoms. The van der Waals surface area contributed by atoms with Crippen molar-refractivity contribution in [2.75, 3.05) is 11.1 Å². The molecular formula is C14H12F2N2O2. The van der Waals surface area contributed by atoms with Crippen molar-refractivity contribution >= 4 is 17.3 Å². The van der Waals surface area contributed by atoms with Crippen molar-refractivity contribution < 1.29 is 18.7 Å². The van der Waals surface area contributed by atoms with Gasteiger partial charge in [0, 0.05) is 18.2 Å². The predicted molar refractivity (Wildman–Crippen MR) is 71.5 cm³/mol. The lowest BCUT2D eigenvalue weighted by atomic mass is 10.1. The number of anilines is 2. The van der Waals surface area contributed by atoms with Crippen molar-refractivity contribution in [3.05, 3.63) is 59.2 Å². The molecule has 0 aromatic heterocycles. The first-order chi connectivity index (χ1) is 9.47. The predicted octanol–water partition coefficient (Wildman–Crippen LogP) is 2.86. The van der Waals surface area contributed by atoms with Crippen molar-refractivity contribution in [1.29, 1.82) is 0 Å². The van der Waals surface area contributed by atoms with Crippen molar-refractivity contribution in [2.45, 2.75) is 6.54 Å². The fourth-order valence-corrected chi connectivity index (χ4v) is 1.71.